The van der Waals surface area contributed by atoms with Crippen LogP contribution in [0.1, 0.15) is 50.8 Å². The van der Waals surface area contributed by atoms with Gasteiger partial charge in [0.1, 0.15) is 30.0 Å². The Kier molecular flexibility index (Phi) is 8.12. The third-order valence-electron chi connectivity index (χ3n) is 8.54. The van der Waals surface area contributed by atoms with Gasteiger partial charge in [0.25, 0.3) is 0 Å². The number of benzene rings is 1. The molecule has 3 fully saturated rings. The van der Waals surface area contributed by atoms with Crippen LogP contribution < -0.4 is 15.0 Å². The van der Waals surface area contributed by atoms with Gasteiger partial charge in [0.2, 0.25) is 0 Å². The summed E-state index contributed by atoms with van der Waals surface area (Å²) in [6.07, 6.45) is 4.44. The molecule has 1 aromatic carbocycles. The minimum absolute atomic E-state index is 0.0397. The van der Waals surface area contributed by atoms with E-state index in [0.717, 1.165) is 30.5 Å². The van der Waals surface area contributed by atoms with Crippen molar-refractivity contribution in [3.8, 4) is 17.1 Å². The van der Waals surface area contributed by atoms with Crippen LogP contribution in [0.5, 0.6) is 5.75 Å². The molecule has 0 unspecified atom stereocenters. The number of halogens is 1. The van der Waals surface area contributed by atoms with Crippen molar-refractivity contribution in [3.63, 3.8) is 0 Å². The first-order valence-corrected chi connectivity index (χ1v) is 14.5. The van der Waals surface area contributed by atoms with Gasteiger partial charge in [-0.05, 0) is 78.7 Å². The van der Waals surface area contributed by atoms with Crippen LogP contribution in [0.3, 0.4) is 0 Å². The van der Waals surface area contributed by atoms with Gasteiger partial charge in [-0.1, -0.05) is 11.6 Å². The molecule has 0 amide bonds. The molecule has 1 atom stereocenters. The van der Waals surface area contributed by atoms with Crippen molar-refractivity contribution in [2.45, 2.75) is 64.6 Å². The Balaban J connectivity index is 1.46. The van der Waals surface area contributed by atoms with E-state index in [0.29, 0.717) is 51.4 Å². The molecule has 2 heterocycles. The molecule has 2 aromatic rings. The van der Waals surface area contributed by atoms with Crippen LogP contribution in [0.25, 0.3) is 17.0 Å². The van der Waals surface area contributed by atoms with Crippen LogP contribution >= 0.6 is 11.6 Å². The molecule has 40 heavy (non-hydrogen) atoms. The summed E-state index contributed by atoms with van der Waals surface area (Å²) >= 11 is 6.66. The third-order valence-corrected chi connectivity index (χ3v) is 8.87. The first kappa shape index (κ1) is 28.8. The van der Waals surface area contributed by atoms with Crippen molar-refractivity contribution in [2.75, 3.05) is 45.2 Å². The maximum atomic E-state index is 10.5. The van der Waals surface area contributed by atoms with Gasteiger partial charge in [-0.3, -0.25) is 0 Å². The topological polar surface area (TPSA) is 118 Å². The standard InChI is InChI=1S/C30H41ClN6O3/c1-17-27(26(18(2)32)19(3)38)34-28(24-10-23(8-9-25(24)31)40-14-22(39)13-33-4)35-29(17)37-15-30(16-37)11-21(12-30)36(5)20-6-7-20/h8-10,20-22,32-33,38-39H,6-7,11-16H2,1-5H3/b26-19+,32-18?/t22-/m1/s1. The van der Waals surface area contributed by atoms with Crippen molar-refractivity contribution >= 4 is 28.7 Å². The highest BCUT2D eigenvalue weighted by Gasteiger charge is 2.55. The van der Waals surface area contributed by atoms with E-state index < -0.39 is 6.10 Å². The van der Waals surface area contributed by atoms with E-state index in [1.807, 2.05) is 6.92 Å². The maximum Gasteiger partial charge on any atom is 0.163 e. The number of rotatable bonds is 11. The summed E-state index contributed by atoms with van der Waals surface area (Å²) in [4.78, 5) is 14.7. The lowest BCUT2D eigenvalue weighted by atomic mass is 9.60. The largest absolute Gasteiger partial charge is 0.512 e. The molecule has 216 valence electrons. The van der Waals surface area contributed by atoms with Gasteiger partial charge in [0.05, 0.1) is 16.3 Å². The smallest absolute Gasteiger partial charge is 0.163 e. The fourth-order valence-electron chi connectivity index (χ4n) is 6.23. The van der Waals surface area contributed by atoms with Gasteiger partial charge in [-0.2, -0.15) is 0 Å². The highest BCUT2D eigenvalue weighted by molar-refractivity contribution is 6.33. The molecule has 1 aromatic heterocycles. The predicted octanol–water partition coefficient (Wildman–Crippen LogP) is 4.46. The number of aromatic nitrogens is 2. The summed E-state index contributed by atoms with van der Waals surface area (Å²) in [6.45, 7) is 7.60. The highest BCUT2D eigenvalue weighted by atomic mass is 35.5. The molecule has 4 N–H and O–H groups in total. The average molecular weight is 569 g/mol. The molecule has 10 heteroatoms. The lowest BCUT2D eigenvalue weighted by molar-refractivity contribution is -0.0124. The summed E-state index contributed by atoms with van der Waals surface area (Å²) in [5.41, 5.74) is 2.90. The molecule has 5 rings (SSSR count). The first-order valence-electron chi connectivity index (χ1n) is 14.1. The Bertz CT molecular complexity index is 1310. The van der Waals surface area contributed by atoms with E-state index in [-0.39, 0.29) is 18.1 Å². The van der Waals surface area contributed by atoms with Crippen LogP contribution in [0.15, 0.2) is 24.0 Å². The molecule has 1 spiro atoms. The third kappa shape index (κ3) is 5.70. The SMILES string of the molecule is CNC[C@@H](O)COc1ccc(Cl)c(-c2nc(/C(C(C)=N)=C(\C)O)c(C)c(N3CC4(CC(N(C)C5CC5)C4)C3)n2)c1. The number of anilines is 1. The van der Waals surface area contributed by atoms with E-state index in [1.54, 1.807) is 39.1 Å². The van der Waals surface area contributed by atoms with Crippen molar-refractivity contribution in [3.05, 3.63) is 40.2 Å². The van der Waals surface area contributed by atoms with E-state index in [4.69, 9.17) is 31.7 Å². The number of hydrogen-bond donors (Lipinski definition) is 4. The normalized spacial score (nSPS) is 19.8. The number of hydrogen-bond acceptors (Lipinski definition) is 9. The van der Waals surface area contributed by atoms with E-state index in [2.05, 4.69) is 22.2 Å². The Morgan fingerprint density at radius 2 is 1.95 bits per heavy atom. The zero-order valence-electron chi connectivity index (χ0n) is 24.1. The van der Waals surface area contributed by atoms with Crippen LogP contribution in [-0.2, 0) is 0 Å². The first-order chi connectivity index (χ1) is 19.0. The second-order valence-corrected chi connectivity index (χ2v) is 12.3. The number of aliphatic hydroxyl groups is 2. The molecule has 1 saturated heterocycles. The zero-order valence-corrected chi connectivity index (χ0v) is 24.8. The molecule has 3 aliphatic rings. The molecule has 0 radical (unpaired) electrons. The lowest BCUT2D eigenvalue weighted by Gasteiger charge is -2.61. The van der Waals surface area contributed by atoms with E-state index in [1.165, 1.54) is 25.7 Å². The summed E-state index contributed by atoms with van der Waals surface area (Å²) < 4.78 is 5.82. The van der Waals surface area contributed by atoms with Gasteiger partial charge in [-0.25, -0.2) is 9.97 Å². The number of nitrogens with one attached hydrogen (secondary N) is 2. The van der Waals surface area contributed by atoms with Crippen molar-refractivity contribution in [1.29, 1.82) is 5.41 Å². The predicted molar refractivity (Wildman–Crippen MR) is 160 cm³/mol. The number of allylic oxidation sites excluding steroid dienone is 2. The summed E-state index contributed by atoms with van der Waals surface area (Å²) in [5.74, 6) is 1.79. The van der Waals surface area contributed by atoms with E-state index >= 15 is 0 Å². The monoisotopic (exact) mass is 568 g/mol. The second-order valence-electron chi connectivity index (χ2n) is 11.9. The van der Waals surface area contributed by atoms with Gasteiger partial charge >= 0.3 is 0 Å². The van der Waals surface area contributed by atoms with Gasteiger partial charge < -0.3 is 35.5 Å². The lowest BCUT2D eigenvalue weighted by Crippen LogP contribution is -2.66. The summed E-state index contributed by atoms with van der Waals surface area (Å²) in [5, 5.41) is 32.4. The molecule has 2 aliphatic carbocycles. The van der Waals surface area contributed by atoms with Gasteiger partial charge in [0, 0.05) is 54.0 Å². The quantitative estimate of drug-likeness (QED) is 0.232. The van der Waals surface area contributed by atoms with Gasteiger partial charge in [-0.15, -0.1) is 0 Å². The molecular weight excluding hydrogens is 528 g/mol. The summed E-state index contributed by atoms with van der Waals surface area (Å²) in [6, 6.07) is 6.72. The minimum Gasteiger partial charge on any atom is -0.512 e. The van der Waals surface area contributed by atoms with Crippen LogP contribution in [0, 0.1) is 17.7 Å². The maximum absolute atomic E-state index is 10.5. The number of ether oxygens (including phenoxy) is 1. The number of nitrogens with zero attached hydrogens (tertiary/aromatic N) is 4. The van der Waals surface area contributed by atoms with Crippen LogP contribution in [0.2, 0.25) is 5.02 Å². The van der Waals surface area contributed by atoms with Crippen molar-refractivity contribution < 1.29 is 14.9 Å². The fraction of sp³-hybridized carbons (Fsp3) is 0.567. The molecule has 1 aliphatic heterocycles. The summed E-state index contributed by atoms with van der Waals surface area (Å²) in [7, 11) is 4.04. The highest BCUT2D eigenvalue weighted by Crippen LogP contribution is 2.53. The van der Waals surface area contributed by atoms with Gasteiger partial charge in [0.15, 0.2) is 5.82 Å². The van der Waals surface area contributed by atoms with Crippen molar-refractivity contribution in [1.82, 2.24) is 20.2 Å². The molecule has 2 saturated carbocycles. The molecular formula is C30H41ClN6O3. The van der Waals surface area contributed by atoms with Crippen LogP contribution in [0.4, 0.5) is 5.82 Å². The molecule has 9 nitrogen and oxygen atoms in total. The zero-order chi connectivity index (χ0) is 28.8. The minimum atomic E-state index is -0.650. The second kappa shape index (κ2) is 11.3. The number of likely N-dealkylation sites (N-methyl/N-ethyl adjacent to an activating group) is 1. The van der Waals surface area contributed by atoms with Crippen molar-refractivity contribution in [2.24, 2.45) is 5.41 Å². The van der Waals surface area contributed by atoms with E-state index in [9.17, 15) is 10.2 Å². The average Bonchev–Trinajstić information content (AvgIpc) is 3.69. The fourth-order valence-corrected chi connectivity index (χ4v) is 6.43. The Labute approximate surface area is 241 Å². The number of aliphatic hydroxyl groups excluding tert-OH is 2. The van der Waals surface area contributed by atoms with Crippen LogP contribution in [-0.4, -0.2) is 89.3 Å². The Morgan fingerprint density at radius 1 is 1.25 bits per heavy atom. The Morgan fingerprint density at radius 3 is 2.55 bits per heavy atom. The molecule has 0 bridgehead atoms. The Hall–Kier alpha value is -2.72.